The number of H-pyrrole nitrogens is 1. The van der Waals surface area contributed by atoms with Gasteiger partial charge in [0.2, 0.25) is 17.6 Å². The van der Waals surface area contributed by atoms with Crippen LogP contribution in [-0.4, -0.2) is 38.6 Å². The molecule has 1 rings (SSSR count). The second-order valence-electron chi connectivity index (χ2n) is 10.3. The maximum atomic E-state index is 14.0. The number of imidazole rings is 1. The van der Waals surface area contributed by atoms with E-state index < -0.39 is 47.1 Å². The molecule has 10 heteroatoms. The number of carbonyl (C=O) groups is 4. The molecule has 0 saturated carbocycles. The van der Waals surface area contributed by atoms with Gasteiger partial charge < -0.3 is 4.98 Å². The molecule has 2 amide bonds. The minimum Gasteiger partial charge on any atom is -0.342 e. The van der Waals surface area contributed by atoms with Gasteiger partial charge in [0.15, 0.2) is 5.82 Å². The molecule has 0 aliphatic rings. The molecule has 0 aliphatic heterocycles. The van der Waals surface area contributed by atoms with Crippen LogP contribution in [0.1, 0.15) is 84.3 Å². The zero-order chi connectivity index (χ0) is 26.1. The average Bonchev–Trinajstić information content (AvgIpc) is 3.30. The van der Waals surface area contributed by atoms with Crippen LogP contribution in [0.25, 0.3) is 0 Å². The third-order valence-corrected chi connectivity index (χ3v) is 6.17. The third kappa shape index (κ3) is 7.73. The van der Waals surface area contributed by atoms with Crippen molar-refractivity contribution in [2.24, 2.45) is 40.8 Å². The van der Waals surface area contributed by atoms with Gasteiger partial charge in [-0.25, -0.2) is 16.3 Å². The maximum Gasteiger partial charge on any atom is 0.248 e. The fraction of sp³-hybridized carbons (Fsp3) is 0.708. The second-order valence-corrected chi connectivity index (χ2v) is 10.3. The predicted molar refractivity (Wildman–Crippen MR) is 127 cm³/mol. The predicted octanol–water partition coefficient (Wildman–Crippen LogP) is 2.79. The Morgan fingerprint density at radius 2 is 1.71 bits per heavy atom. The van der Waals surface area contributed by atoms with Crippen molar-refractivity contribution in [3.63, 3.8) is 0 Å². The summed E-state index contributed by atoms with van der Waals surface area (Å²) in [5, 5.41) is 9.68. The molecule has 0 fully saturated rings. The molecule has 0 radical (unpaired) electrons. The van der Waals surface area contributed by atoms with Gasteiger partial charge in [-0.15, -0.1) is 0 Å². The van der Waals surface area contributed by atoms with E-state index in [-0.39, 0.29) is 42.8 Å². The third-order valence-electron chi connectivity index (χ3n) is 6.17. The van der Waals surface area contributed by atoms with Gasteiger partial charge in [0.1, 0.15) is 5.78 Å². The number of hydrogen-bond donors (Lipinski definition) is 5. The summed E-state index contributed by atoms with van der Waals surface area (Å²) in [6, 6.07) is 0. The van der Waals surface area contributed by atoms with Gasteiger partial charge in [-0.05, 0) is 43.4 Å². The van der Waals surface area contributed by atoms with E-state index in [1.165, 1.54) is 12.4 Å². The molecule has 0 bridgehead atoms. The lowest BCUT2D eigenvalue weighted by Crippen LogP contribution is -2.55. The van der Waals surface area contributed by atoms with Crippen LogP contribution in [0.15, 0.2) is 12.4 Å². The minimum absolute atomic E-state index is 0.00186. The van der Waals surface area contributed by atoms with Gasteiger partial charge in [-0.1, -0.05) is 41.5 Å². The Hall–Kier alpha value is -2.59. The lowest BCUT2D eigenvalue weighted by atomic mass is 9.58. The first-order chi connectivity index (χ1) is 15.9. The fourth-order valence-corrected chi connectivity index (χ4v) is 4.81. The van der Waals surface area contributed by atoms with Crippen LogP contribution in [0, 0.1) is 35.0 Å². The molecule has 34 heavy (non-hydrogen) atoms. The highest BCUT2D eigenvalue weighted by Gasteiger charge is 2.53. The topological polar surface area (TPSA) is 167 Å². The monoisotopic (exact) mass is 479 g/mol. The van der Waals surface area contributed by atoms with E-state index in [0.717, 1.165) is 0 Å². The fourth-order valence-electron chi connectivity index (χ4n) is 4.81. The van der Waals surface area contributed by atoms with Gasteiger partial charge in [-0.2, -0.15) is 0 Å². The number of nitrogens with one attached hydrogen (secondary N) is 3. The van der Waals surface area contributed by atoms with Gasteiger partial charge in [-0.3, -0.25) is 29.8 Å². The van der Waals surface area contributed by atoms with E-state index in [4.69, 9.17) is 5.84 Å². The zero-order valence-electron chi connectivity index (χ0n) is 21.2. The lowest BCUT2D eigenvalue weighted by Gasteiger charge is -2.43. The average molecular weight is 480 g/mol. The zero-order valence-corrected chi connectivity index (χ0v) is 21.2. The molecule has 1 aromatic heterocycles. The van der Waals surface area contributed by atoms with Crippen molar-refractivity contribution < 1.29 is 24.4 Å². The van der Waals surface area contributed by atoms with Crippen LogP contribution in [0.3, 0.4) is 0 Å². The number of Topliss-reactive ketones (excluding diaryl/α,β-unsaturated/α-hetero) is 2. The number of amides is 2. The van der Waals surface area contributed by atoms with Crippen LogP contribution in [0.2, 0.25) is 0 Å². The second kappa shape index (κ2) is 13.3. The van der Waals surface area contributed by atoms with Crippen molar-refractivity contribution in [3.8, 4) is 0 Å². The van der Waals surface area contributed by atoms with Gasteiger partial charge >= 0.3 is 0 Å². The van der Waals surface area contributed by atoms with Crippen LogP contribution in [-0.2, 0) is 14.4 Å². The van der Waals surface area contributed by atoms with E-state index in [2.05, 4.69) is 15.4 Å². The number of aromatic nitrogens is 2. The summed E-state index contributed by atoms with van der Waals surface area (Å²) in [5.74, 6) is 1.10. The summed E-state index contributed by atoms with van der Waals surface area (Å²) in [6.45, 7) is 11.6. The number of carbonyl (C=O) groups excluding carboxylic acids is 4. The van der Waals surface area contributed by atoms with Crippen molar-refractivity contribution in [2.45, 2.75) is 73.6 Å². The quantitative estimate of drug-likeness (QED) is 0.0643. The van der Waals surface area contributed by atoms with Gasteiger partial charge in [0.25, 0.3) is 0 Å². The largest absolute Gasteiger partial charge is 0.342 e. The number of nitrogens with two attached hydrogens (primary N) is 1. The molecule has 192 valence electrons. The molecule has 10 nitrogen and oxygen atoms in total. The number of nitrogens with zero attached hydrogens (tertiary/aromatic N) is 1. The number of hydrazine groups is 1. The molecule has 1 heterocycles. The van der Waals surface area contributed by atoms with E-state index >= 15 is 0 Å². The molecule has 3 atom stereocenters. The van der Waals surface area contributed by atoms with Gasteiger partial charge in [0, 0.05) is 17.8 Å². The molecule has 0 spiro atoms. The number of aromatic amines is 1. The normalized spacial score (nSPS) is 15.1. The molecular formula is C24H41N5O5. The Bertz CT molecular complexity index is 822. The summed E-state index contributed by atoms with van der Waals surface area (Å²) >= 11 is 0. The van der Waals surface area contributed by atoms with Crippen LogP contribution in [0.4, 0.5) is 0 Å². The number of hydroxylamine groups is 1. The first-order valence-electron chi connectivity index (χ1n) is 11.9. The highest BCUT2D eigenvalue weighted by Crippen LogP contribution is 2.47. The molecule has 0 aromatic carbocycles. The Balaban J connectivity index is 3.73. The van der Waals surface area contributed by atoms with Gasteiger partial charge in [0.05, 0.1) is 18.3 Å². The van der Waals surface area contributed by atoms with Crippen molar-refractivity contribution in [2.75, 3.05) is 0 Å². The van der Waals surface area contributed by atoms with Crippen molar-refractivity contribution in [3.05, 3.63) is 18.2 Å². The van der Waals surface area contributed by atoms with Crippen LogP contribution < -0.4 is 16.7 Å². The molecular weight excluding hydrogens is 438 g/mol. The molecule has 1 unspecified atom stereocenters. The van der Waals surface area contributed by atoms with E-state index in [9.17, 15) is 24.4 Å². The Kier molecular flexibility index (Phi) is 11.5. The first kappa shape index (κ1) is 29.4. The SMILES string of the molecule is CC(C)CCC(CC(C)C)(C(=O)CC(=O)c1ncc[nH]1)[C@@H](C(=O)NO)[C@@H](CC(C)C)C(=O)NN. The summed E-state index contributed by atoms with van der Waals surface area (Å²) in [6.07, 6.45) is 3.82. The van der Waals surface area contributed by atoms with E-state index in [1.54, 1.807) is 5.48 Å². The summed E-state index contributed by atoms with van der Waals surface area (Å²) in [5.41, 5.74) is 2.44. The van der Waals surface area contributed by atoms with Crippen molar-refractivity contribution >= 4 is 23.4 Å². The summed E-state index contributed by atoms with van der Waals surface area (Å²) in [4.78, 5) is 59.6. The van der Waals surface area contributed by atoms with E-state index in [1.807, 2.05) is 41.5 Å². The number of rotatable bonds is 15. The number of hydrogen-bond acceptors (Lipinski definition) is 7. The Morgan fingerprint density at radius 3 is 2.15 bits per heavy atom. The Morgan fingerprint density at radius 1 is 1.06 bits per heavy atom. The minimum atomic E-state index is -1.38. The molecule has 0 saturated heterocycles. The van der Waals surface area contributed by atoms with Crippen molar-refractivity contribution in [1.82, 2.24) is 20.9 Å². The molecule has 0 aliphatic carbocycles. The molecule has 1 aromatic rings. The van der Waals surface area contributed by atoms with Crippen molar-refractivity contribution in [1.29, 1.82) is 0 Å². The van der Waals surface area contributed by atoms with Crippen LogP contribution >= 0.6 is 0 Å². The lowest BCUT2D eigenvalue weighted by molar-refractivity contribution is -0.155. The first-order valence-corrected chi connectivity index (χ1v) is 11.9. The van der Waals surface area contributed by atoms with Crippen LogP contribution in [0.5, 0.6) is 0 Å². The highest BCUT2D eigenvalue weighted by atomic mass is 16.5. The smallest absolute Gasteiger partial charge is 0.248 e. The highest BCUT2D eigenvalue weighted by molar-refractivity contribution is 6.09. The maximum absolute atomic E-state index is 14.0. The van der Waals surface area contributed by atoms with E-state index in [0.29, 0.717) is 6.42 Å². The number of ketones is 2. The standard InChI is InChI=1S/C24H41N5O5/c1-14(2)7-8-24(13-16(5)6,19(31)12-18(30)21-26-9-10-27-21)20(23(33)29-34)17(11-15(3)4)22(32)28-25/h9-10,14-17,20,34H,7-8,11-13,25H2,1-6H3,(H,26,27)(H,28,32)(H,29,33)/t17-,20-,24?/m1/s1. The Labute approximate surface area is 201 Å². The molecule has 6 N–H and O–H groups in total. The summed E-state index contributed by atoms with van der Waals surface area (Å²) in [7, 11) is 0. The summed E-state index contributed by atoms with van der Waals surface area (Å²) < 4.78 is 0.